The average molecular weight is 316 g/mol. The molecular weight excluding hydrogens is 296 g/mol. The first kappa shape index (κ1) is 13.3. The predicted octanol–water partition coefficient (Wildman–Crippen LogP) is 4.27. The number of nitrogens with zero attached hydrogens (tertiary/aromatic N) is 2. The van der Waals surface area contributed by atoms with E-state index in [9.17, 15) is 0 Å². The molecule has 2 aromatic heterocycles. The quantitative estimate of drug-likeness (QED) is 0.350. The number of imidazole rings is 1. The third-order valence-electron chi connectivity index (χ3n) is 5.56. The fraction of sp³-hybridized carbons (Fsp3) is 0.250. The average Bonchev–Trinajstić information content (AvgIpc) is 2.84. The molecule has 0 fully saturated rings. The van der Waals surface area contributed by atoms with Crippen molar-refractivity contribution in [1.82, 2.24) is 9.38 Å². The first-order chi connectivity index (χ1) is 11.0. The summed E-state index contributed by atoms with van der Waals surface area (Å²) in [6.07, 6.45) is 0. The van der Waals surface area contributed by atoms with E-state index in [0.717, 1.165) is 5.65 Å². The van der Waals surface area contributed by atoms with Gasteiger partial charge >= 0.3 is 0 Å². The highest BCUT2D eigenvalue weighted by Crippen LogP contribution is 2.36. The van der Waals surface area contributed by atoms with Crippen molar-refractivity contribution in [3.8, 4) is 0 Å². The van der Waals surface area contributed by atoms with Crippen molar-refractivity contribution in [3.05, 3.63) is 53.3 Å². The molecule has 0 saturated heterocycles. The van der Waals surface area contributed by atoms with Crippen LogP contribution in [0.25, 0.3) is 27.3 Å². The van der Waals surface area contributed by atoms with Crippen molar-refractivity contribution in [3.63, 3.8) is 0 Å². The first-order valence-corrected chi connectivity index (χ1v) is 11.5. The second kappa shape index (κ2) is 4.03. The molecule has 0 N–H and O–H groups in total. The normalized spacial score (nSPS) is 16.0. The Labute approximate surface area is 136 Å². The van der Waals surface area contributed by atoms with Crippen LogP contribution in [0.15, 0.2) is 36.4 Å². The second-order valence-electron chi connectivity index (χ2n) is 7.56. The van der Waals surface area contributed by atoms with E-state index in [-0.39, 0.29) is 0 Å². The Kier molecular flexibility index (Phi) is 2.34. The number of hydrogen-bond acceptors (Lipinski definition) is 1. The fourth-order valence-electron chi connectivity index (χ4n) is 4.41. The molecule has 0 saturated carbocycles. The third kappa shape index (κ3) is 1.51. The van der Waals surface area contributed by atoms with E-state index >= 15 is 0 Å². The molecule has 1 aliphatic rings. The van der Waals surface area contributed by atoms with E-state index in [4.69, 9.17) is 4.98 Å². The van der Waals surface area contributed by atoms with Crippen LogP contribution < -0.4 is 5.19 Å². The maximum absolute atomic E-state index is 4.98. The molecule has 23 heavy (non-hydrogen) atoms. The lowest BCUT2D eigenvalue weighted by atomic mass is 10.0. The van der Waals surface area contributed by atoms with Gasteiger partial charge in [0, 0.05) is 16.5 Å². The third-order valence-corrected chi connectivity index (χ3v) is 8.64. The molecule has 4 aromatic rings. The lowest BCUT2D eigenvalue weighted by molar-refractivity contribution is 1.08. The highest BCUT2D eigenvalue weighted by atomic mass is 28.3. The van der Waals surface area contributed by atoms with Crippen molar-refractivity contribution < 1.29 is 0 Å². The number of aromatic nitrogens is 2. The van der Waals surface area contributed by atoms with Gasteiger partial charge in [0.25, 0.3) is 0 Å². The lowest BCUT2D eigenvalue weighted by Crippen LogP contribution is -2.48. The topological polar surface area (TPSA) is 17.3 Å². The minimum Gasteiger partial charge on any atom is -0.296 e. The molecule has 2 nitrogen and oxygen atoms in total. The summed E-state index contributed by atoms with van der Waals surface area (Å²) in [5.41, 5.74) is 6.57. The minimum atomic E-state index is -1.48. The van der Waals surface area contributed by atoms with Gasteiger partial charge < -0.3 is 0 Å². The number of benzene rings is 2. The van der Waals surface area contributed by atoms with Crippen LogP contribution in [0.4, 0.5) is 0 Å². The summed E-state index contributed by atoms with van der Waals surface area (Å²) in [6.45, 7) is 9.40. The molecule has 0 atom stereocenters. The Morgan fingerprint density at radius 3 is 2.52 bits per heavy atom. The molecule has 5 rings (SSSR count). The largest absolute Gasteiger partial charge is 0.296 e. The predicted molar refractivity (Wildman–Crippen MR) is 100 cm³/mol. The zero-order chi connectivity index (χ0) is 15.9. The van der Waals surface area contributed by atoms with Crippen LogP contribution in [0.2, 0.25) is 13.1 Å². The summed E-state index contributed by atoms with van der Waals surface area (Å²) in [6, 6.07) is 14.6. The van der Waals surface area contributed by atoms with Gasteiger partial charge in [-0.1, -0.05) is 49.5 Å². The fourth-order valence-corrected chi connectivity index (χ4v) is 7.27. The smallest absolute Gasteiger partial charge is 0.145 e. The molecule has 3 heteroatoms. The number of pyridine rings is 1. The zero-order valence-electron chi connectivity index (χ0n) is 14.1. The van der Waals surface area contributed by atoms with Gasteiger partial charge in [0.05, 0.1) is 19.3 Å². The van der Waals surface area contributed by atoms with E-state index in [1.165, 1.54) is 44.7 Å². The molecule has 0 unspecified atom stereocenters. The molecule has 0 amide bonds. The van der Waals surface area contributed by atoms with Crippen LogP contribution in [0.3, 0.4) is 0 Å². The highest BCUT2D eigenvalue weighted by molar-refractivity contribution is 6.91. The monoisotopic (exact) mass is 316 g/mol. The Morgan fingerprint density at radius 1 is 1.00 bits per heavy atom. The van der Waals surface area contributed by atoms with Gasteiger partial charge in [-0.25, -0.2) is 4.98 Å². The maximum Gasteiger partial charge on any atom is 0.145 e. The van der Waals surface area contributed by atoms with Gasteiger partial charge in [-0.2, -0.15) is 0 Å². The van der Waals surface area contributed by atoms with Crippen LogP contribution in [-0.2, 0) is 6.04 Å². The van der Waals surface area contributed by atoms with E-state index in [0.29, 0.717) is 0 Å². The summed E-state index contributed by atoms with van der Waals surface area (Å²) in [5, 5.41) is 5.62. The highest BCUT2D eigenvalue weighted by Gasteiger charge is 2.34. The molecule has 1 aliphatic heterocycles. The van der Waals surface area contributed by atoms with Crippen LogP contribution in [0, 0.1) is 13.8 Å². The molecule has 3 heterocycles. The van der Waals surface area contributed by atoms with Crippen LogP contribution in [0.1, 0.15) is 17.0 Å². The first-order valence-electron chi connectivity index (χ1n) is 8.31. The number of aryl methyl sites for hydroxylation is 2. The van der Waals surface area contributed by atoms with Gasteiger partial charge in [-0.05, 0) is 36.0 Å². The minimum absolute atomic E-state index is 1.14. The number of fused-ring (bicyclic) bond motifs is 3. The molecule has 0 bridgehead atoms. The molecule has 2 aromatic carbocycles. The molecular formula is C20H20N2Si. The lowest BCUT2D eigenvalue weighted by Gasteiger charge is -2.31. The SMILES string of the molecule is Cc1nc2c3ccccc3c3c(C)ccc4c3n2c1C[Si]4(C)C. The van der Waals surface area contributed by atoms with E-state index in [1.807, 2.05) is 0 Å². The van der Waals surface area contributed by atoms with Crippen molar-refractivity contribution in [2.45, 2.75) is 33.0 Å². The van der Waals surface area contributed by atoms with Crippen LogP contribution in [-0.4, -0.2) is 17.5 Å². The van der Waals surface area contributed by atoms with Crippen LogP contribution in [0.5, 0.6) is 0 Å². The summed E-state index contributed by atoms with van der Waals surface area (Å²) in [4.78, 5) is 4.98. The van der Waals surface area contributed by atoms with Gasteiger partial charge in [0.1, 0.15) is 5.65 Å². The standard InChI is InChI=1S/C20H20N2Si/c1-12-9-10-17-19-18(12)14-7-5-6-8-15(14)20-21-13(2)16(22(19)20)11-23(17,3)4/h5-10H,11H2,1-4H3. The second-order valence-corrected chi connectivity index (χ2v) is 12.2. The van der Waals surface area contributed by atoms with Crippen molar-refractivity contribution in [2.24, 2.45) is 0 Å². The number of hydrogen-bond donors (Lipinski definition) is 0. The summed E-state index contributed by atoms with van der Waals surface area (Å²) < 4.78 is 2.47. The van der Waals surface area contributed by atoms with Crippen LogP contribution >= 0.6 is 0 Å². The molecule has 0 spiro atoms. The van der Waals surface area contributed by atoms with E-state index in [2.05, 4.69) is 67.7 Å². The van der Waals surface area contributed by atoms with E-state index in [1.54, 1.807) is 5.19 Å². The van der Waals surface area contributed by atoms with E-state index < -0.39 is 8.07 Å². The van der Waals surface area contributed by atoms with Gasteiger partial charge in [-0.3, -0.25) is 4.40 Å². The van der Waals surface area contributed by atoms with Crippen molar-refractivity contribution >= 4 is 40.6 Å². The number of rotatable bonds is 0. The Morgan fingerprint density at radius 2 is 1.74 bits per heavy atom. The summed E-state index contributed by atoms with van der Waals surface area (Å²) >= 11 is 0. The summed E-state index contributed by atoms with van der Waals surface area (Å²) in [5.74, 6) is 0. The zero-order valence-corrected chi connectivity index (χ0v) is 15.1. The Bertz CT molecular complexity index is 1140. The van der Waals surface area contributed by atoms with Crippen molar-refractivity contribution in [2.75, 3.05) is 0 Å². The Hall–Kier alpha value is -2.13. The summed E-state index contributed by atoms with van der Waals surface area (Å²) in [7, 11) is -1.48. The Balaban J connectivity index is 2.24. The van der Waals surface area contributed by atoms with Crippen molar-refractivity contribution in [1.29, 1.82) is 0 Å². The maximum atomic E-state index is 4.98. The van der Waals surface area contributed by atoms with Gasteiger partial charge in [0.15, 0.2) is 0 Å². The molecule has 0 aliphatic carbocycles. The molecule has 0 radical (unpaired) electrons. The van der Waals surface area contributed by atoms with Gasteiger partial charge in [-0.15, -0.1) is 0 Å². The van der Waals surface area contributed by atoms with Gasteiger partial charge in [0.2, 0.25) is 0 Å². The molecule has 114 valence electrons.